The molecule has 0 aliphatic carbocycles. The highest BCUT2D eigenvalue weighted by Crippen LogP contribution is 2.28. The van der Waals surface area contributed by atoms with Gasteiger partial charge in [-0.15, -0.1) is 0 Å². The molecular weight excluding hydrogens is 330 g/mol. The van der Waals surface area contributed by atoms with Crippen LogP contribution >= 0.6 is 0 Å². The summed E-state index contributed by atoms with van der Waals surface area (Å²) < 4.78 is 23.3. The lowest BCUT2D eigenvalue weighted by molar-refractivity contribution is -0.217. The Labute approximate surface area is 155 Å². The van der Waals surface area contributed by atoms with Crippen LogP contribution in [-0.2, 0) is 18.9 Å². The molecule has 2 aliphatic heterocycles. The molecule has 0 unspecified atom stereocenters. The maximum Gasteiger partial charge on any atom is 0.183 e. The Kier molecular flexibility index (Phi) is 7.22. The summed E-state index contributed by atoms with van der Waals surface area (Å²) in [5.41, 5.74) is 1.59. The molecule has 0 saturated carbocycles. The van der Waals surface area contributed by atoms with Crippen molar-refractivity contribution in [2.24, 2.45) is 11.8 Å². The van der Waals surface area contributed by atoms with E-state index in [4.69, 9.17) is 24.2 Å². The number of rotatable bonds is 6. The van der Waals surface area contributed by atoms with Crippen molar-refractivity contribution in [2.45, 2.75) is 38.8 Å². The molecule has 140 valence electrons. The van der Waals surface area contributed by atoms with Crippen molar-refractivity contribution in [2.75, 3.05) is 26.4 Å². The van der Waals surface area contributed by atoms with Gasteiger partial charge in [0.05, 0.1) is 38.1 Å². The van der Waals surface area contributed by atoms with Crippen LogP contribution in [0.1, 0.15) is 43.6 Å². The van der Waals surface area contributed by atoms with Crippen LogP contribution in [-0.4, -0.2) is 32.7 Å². The van der Waals surface area contributed by atoms with E-state index in [1.165, 1.54) is 0 Å². The van der Waals surface area contributed by atoms with Gasteiger partial charge in [-0.2, -0.15) is 5.26 Å². The van der Waals surface area contributed by atoms with Gasteiger partial charge < -0.3 is 18.9 Å². The highest BCUT2D eigenvalue weighted by molar-refractivity contribution is 5.32. The molecule has 2 fully saturated rings. The standard InChI is InChI=1S/C21H27NO4/c1-2-3-4-17-12-23-20(24-13-17)10-7-18-14-25-21(26-15-18)19-8-5-16(11-22)6-9-19/h3-6,8-9,17-18,20-21H,2,7,10,12-15H2,1H3/b4-3+/t17-,18-,20-,21-. The van der Waals surface area contributed by atoms with Gasteiger partial charge in [-0.3, -0.25) is 0 Å². The minimum atomic E-state index is -0.340. The SMILES string of the molecule is CC/C=C/[C@H]1CO[C@H](CC[C@H]2CO[C@H](c3ccc(C#N)cc3)OC2)OC1. The van der Waals surface area contributed by atoms with Crippen LogP contribution in [0.3, 0.4) is 0 Å². The summed E-state index contributed by atoms with van der Waals surface area (Å²) in [5.74, 6) is 0.732. The first kappa shape index (κ1) is 19.1. The van der Waals surface area contributed by atoms with E-state index in [1.54, 1.807) is 12.1 Å². The molecule has 0 radical (unpaired) electrons. The molecule has 0 bridgehead atoms. The zero-order valence-electron chi connectivity index (χ0n) is 15.3. The van der Waals surface area contributed by atoms with E-state index < -0.39 is 0 Å². The monoisotopic (exact) mass is 357 g/mol. The van der Waals surface area contributed by atoms with Crippen LogP contribution in [0.15, 0.2) is 36.4 Å². The first-order valence-electron chi connectivity index (χ1n) is 9.41. The Morgan fingerprint density at radius 1 is 1.00 bits per heavy atom. The van der Waals surface area contributed by atoms with Gasteiger partial charge in [-0.05, 0) is 31.4 Å². The third kappa shape index (κ3) is 5.39. The lowest BCUT2D eigenvalue weighted by atomic mass is 10.0. The second kappa shape index (κ2) is 9.84. The van der Waals surface area contributed by atoms with Crippen molar-refractivity contribution in [3.05, 3.63) is 47.5 Å². The maximum atomic E-state index is 8.86. The average molecular weight is 357 g/mol. The van der Waals surface area contributed by atoms with E-state index in [0.717, 1.165) is 38.0 Å². The summed E-state index contributed by atoms with van der Waals surface area (Å²) in [7, 11) is 0. The number of hydrogen-bond donors (Lipinski definition) is 0. The third-order valence-corrected chi connectivity index (χ3v) is 4.73. The molecule has 2 heterocycles. The van der Waals surface area contributed by atoms with Gasteiger partial charge in [-0.25, -0.2) is 0 Å². The Morgan fingerprint density at radius 2 is 1.69 bits per heavy atom. The fourth-order valence-electron chi connectivity index (χ4n) is 3.15. The van der Waals surface area contributed by atoms with Crippen molar-refractivity contribution in [1.82, 2.24) is 0 Å². The Bertz CT molecular complexity index is 606. The van der Waals surface area contributed by atoms with Crippen molar-refractivity contribution in [3.63, 3.8) is 0 Å². The molecule has 5 heteroatoms. The zero-order chi connectivity index (χ0) is 18.2. The van der Waals surface area contributed by atoms with Crippen molar-refractivity contribution in [3.8, 4) is 6.07 Å². The molecule has 0 atom stereocenters. The van der Waals surface area contributed by atoms with Gasteiger partial charge in [-0.1, -0.05) is 31.2 Å². The third-order valence-electron chi connectivity index (χ3n) is 4.73. The molecule has 0 aromatic heterocycles. The lowest BCUT2D eigenvalue weighted by Crippen LogP contribution is -2.33. The van der Waals surface area contributed by atoms with Gasteiger partial charge in [0.15, 0.2) is 12.6 Å². The summed E-state index contributed by atoms with van der Waals surface area (Å²) in [6.45, 7) is 4.93. The summed E-state index contributed by atoms with van der Waals surface area (Å²) in [6, 6.07) is 9.46. The average Bonchev–Trinajstić information content (AvgIpc) is 2.72. The predicted molar refractivity (Wildman–Crippen MR) is 97.1 cm³/mol. The molecule has 2 aliphatic rings. The molecule has 5 nitrogen and oxygen atoms in total. The predicted octanol–water partition coefficient (Wildman–Crippen LogP) is 3.96. The first-order valence-corrected chi connectivity index (χ1v) is 9.41. The number of nitrogens with zero attached hydrogens (tertiary/aromatic N) is 1. The van der Waals surface area contributed by atoms with Crippen LogP contribution in [0.2, 0.25) is 0 Å². The van der Waals surface area contributed by atoms with Gasteiger partial charge in [0.2, 0.25) is 0 Å². The number of nitriles is 1. The molecule has 0 N–H and O–H groups in total. The van der Waals surface area contributed by atoms with E-state index in [-0.39, 0.29) is 12.6 Å². The molecule has 0 amide bonds. The minimum Gasteiger partial charge on any atom is -0.352 e. The largest absolute Gasteiger partial charge is 0.352 e. The fraction of sp³-hybridized carbons (Fsp3) is 0.571. The number of ether oxygens (including phenoxy) is 4. The smallest absolute Gasteiger partial charge is 0.183 e. The Morgan fingerprint density at radius 3 is 2.31 bits per heavy atom. The normalized spacial score (nSPS) is 29.5. The molecule has 26 heavy (non-hydrogen) atoms. The second-order valence-corrected chi connectivity index (χ2v) is 6.87. The minimum absolute atomic E-state index is 0.113. The molecule has 1 aromatic rings. The van der Waals surface area contributed by atoms with Gasteiger partial charge in [0.1, 0.15) is 0 Å². The highest BCUT2D eigenvalue weighted by Gasteiger charge is 2.26. The molecule has 2 saturated heterocycles. The summed E-state index contributed by atoms with van der Waals surface area (Å²) >= 11 is 0. The number of allylic oxidation sites excluding steroid dienone is 1. The fourth-order valence-corrected chi connectivity index (χ4v) is 3.15. The highest BCUT2D eigenvalue weighted by atomic mass is 16.7. The number of benzene rings is 1. The van der Waals surface area contributed by atoms with Crippen LogP contribution in [0, 0.1) is 23.2 Å². The molecular formula is C21H27NO4. The van der Waals surface area contributed by atoms with Crippen LogP contribution < -0.4 is 0 Å². The van der Waals surface area contributed by atoms with E-state index in [1.807, 2.05) is 12.1 Å². The second-order valence-electron chi connectivity index (χ2n) is 6.87. The van der Waals surface area contributed by atoms with E-state index >= 15 is 0 Å². The van der Waals surface area contributed by atoms with Gasteiger partial charge in [0.25, 0.3) is 0 Å². The summed E-state index contributed by atoms with van der Waals surface area (Å²) in [4.78, 5) is 0. The quantitative estimate of drug-likeness (QED) is 0.721. The zero-order valence-corrected chi connectivity index (χ0v) is 15.3. The summed E-state index contributed by atoms with van der Waals surface area (Å²) in [5, 5.41) is 8.86. The molecule has 1 aromatic carbocycles. The van der Waals surface area contributed by atoms with E-state index in [0.29, 0.717) is 30.6 Å². The van der Waals surface area contributed by atoms with E-state index in [9.17, 15) is 0 Å². The molecule has 0 spiro atoms. The van der Waals surface area contributed by atoms with Gasteiger partial charge >= 0.3 is 0 Å². The van der Waals surface area contributed by atoms with Crippen LogP contribution in [0.25, 0.3) is 0 Å². The first-order chi connectivity index (χ1) is 12.8. The van der Waals surface area contributed by atoms with Crippen molar-refractivity contribution >= 4 is 0 Å². The van der Waals surface area contributed by atoms with Crippen molar-refractivity contribution in [1.29, 1.82) is 5.26 Å². The lowest BCUT2D eigenvalue weighted by Gasteiger charge is -2.32. The topological polar surface area (TPSA) is 60.7 Å². The van der Waals surface area contributed by atoms with Crippen LogP contribution in [0.4, 0.5) is 0 Å². The van der Waals surface area contributed by atoms with Crippen molar-refractivity contribution < 1.29 is 18.9 Å². The maximum absolute atomic E-state index is 8.86. The summed E-state index contributed by atoms with van der Waals surface area (Å²) in [6.07, 6.45) is 6.76. The van der Waals surface area contributed by atoms with E-state index in [2.05, 4.69) is 25.1 Å². The Balaban J connectivity index is 1.35. The van der Waals surface area contributed by atoms with Crippen LogP contribution in [0.5, 0.6) is 0 Å². The number of hydrogen-bond acceptors (Lipinski definition) is 5. The Hall–Kier alpha value is -1.71. The van der Waals surface area contributed by atoms with Gasteiger partial charge in [0, 0.05) is 17.4 Å². The molecule has 3 rings (SSSR count).